The Bertz CT molecular complexity index is 492. The molecule has 0 atom stereocenters. The van der Waals surface area contributed by atoms with Crippen LogP contribution in [0.1, 0.15) is 0 Å². The van der Waals surface area contributed by atoms with Gasteiger partial charge in [0, 0.05) is 5.69 Å². The van der Waals surface area contributed by atoms with Crippen LogP contribution in [0.25, 0.3) is 0 Å². The van der Waals surface area contributed by atoms with Crippen LogP contribution in [0.5, 0.6) is 11.5 Å². The Balaban J connectivity index is 1.63. The highest BCUT2D eigenvalue weighted by atomic mass is 16.5. The summed E-state index contributed by atoms with van der Waals surface area (Å²) in [6.07, 6.45) is 0. The first-order chi connectivity index (χ1) is 8.90. The van der Waals surface area contributed by atoms with Crippen molar-refractivity contribution in [2.24, 2.45) is 0 Å². The molecule has 3 rings (SSSR count). The molecule has 1 aliphatic rings. The maximum atomic E-state index is 5.73. The monoisotopic (exact) mass is 241 g/mol. The first kappa shape index (κ1) is 11.1. The standard InChI is InChI=1S/C15H15NO2/c1-2-4-14(5-3-1)18-15-8-6-12(7-9-15)16-13-10-17-11-13/h1-9,13,16H,10-11H2. The number of anilines is 1. The van der Waals surface area contributed by atoms with Gasteiger partial charge in [-0.2, -0.15) is 0 Å². The lowest BCUT2D eigenvalue weighted by Gasteiger charge is -2.27. The Kier molecular flexibility index (Phi) is 3.15. The van der Waals surface area contributed by atoms with Gasteiger partial charge in [0.2, 0.25) is 0 Å². The van der Waals surface area contributed by atoms with E-state index in [-0.39, 0.29) is 0 Å². The van der Waals surface area contributed by atoms with Gasteiger partial charge in [-0.25, -0.2) is 0 Å². The molecule has 0 unspecified atom stereocenters. The van der Waals surface area contributed by atoms with E-state index in [1.165, 1.54) is 0 Å². The van der Waals surface area contributed by atoms with Crippen molar-refractivity contribution in [3.63, 3.8) is 0 Å². The molecule has 1 heterocycles. The lowest BCUT2D eigenvalue weighted by atomic mass is 10.2. The minimum atomic E-state index is 0.450. The molecule has 0 bridgehead atoms. The summed E-state index contributed by atoms with van der Waals surface area (Å²) in [6.45, 7) is 1.59. The lowest BCUT2D eigenvalue weighted by Crippen LogP contribution is -2.40. The molecule has 0 saturated carbocycles. The van der Waals surface area contributed by atoms with Gasteiger partial charge in [0.15, 0.2) is 0 Å². The van der Waals surface area contributed by atoms with Crippen LogP contribution in [0.2, 0.25) is 0 Å². The molecule has 2 aromatic carbocycles. The van der Waals surface area contributed by atoms with Crippen LogP contribution < -0.4 is 10.1 Å². The summed E-state index contributed by atoms with van der Waals surface area (Å²) in [5.41, 5.74) is 1.10. The minimum Gasteiger partial charge on any atom is -0.457 e. The summed E-state index contributed by atoms with van der Waals surface area (Å²) in [4.78, 5) is 0. The zero-order valence-electron chi connectivity index (χ0n) is 10.0. The van der Waals surface area contributed by atoms with Crippen molar-refractivity contribution in [3.05, 3.63) is 54.6 Å². The number of ether oxygens (including phenoxy) is 2. The van der Waals surface area contributed by atoms with Crippen molar-refractivity contribution in [2.75, 3.05) is 18.5 Å². The maximum Gasteiger partial charge on any atom is 0.127 e. The summed E-state index contributed by atoms with van der Waals surface area (Å²) >= 11 is 0. The first-order valence-electron chi connectivity index (χ1n) is 6.07. The molecule has 2 aromatic rings. The van der Waals surface area contributed by atoms with Crippen LogP contribution in [-0.2, 0) is 4.74 Å². The molecule has 0 radical (unpaired) electrons. The zero-order chi connectivity index (χ0) is 12.2. The van der Waals surface area contributed by atoms with E-state index in [4.69, 9.17) is 9.47 Å². The van der Waals surface area contributed by atoms with Gasteiger partial charge in [-0.3, -0.25) is 0 Å². The number of hydrogen-bond donors (Lipinski definition) is 1. The largest absolute Gasteiger partial charge is 0.457 e. The predicted molar refractivity (Wildman–Crippen MR) is 71.2 cm³/mol. The fraction of sp³-hybridized carbons (Fsp3) is 0.200. The second-order valence-corrected chi connectivity index (χ2v) is 4.32. The van der Waals surface area contributed by atoms with Gasteiger partial charge in [-0.15, -0.1) is 0 Å². The Labute approximate surface area is 106 Å². The fourth-order valence-electron chi connectivity index (χ4n) is 1.80. The average Bonchev–Trinajstić information content (AvgIpc) is 2.37. The molecule has 0 aliphatic carbocycles. The molecular weight excluding hydrogens is 226 g/mol. The molecule has 0 aromatic heterocycles. The molecule has 1 saturated heterocycles. The van der Waals surface area contributed by atoms with Crippen molar-refractivity contribution in [3.8, 4) is 11.5 Å². The molecule has 18 heavy (non-hydrogen) atoms. The minimum absolute atomic E-state index is 0.450. The summed E-state index contributed by atoms with van der Waals surface area (Å²) in [5.74, 6) is 1.70. The van der Waals surface area contributed by atoms with Gasteiger partial charge in [0.1, 0.15) is 11.5 Å². The number of para-hydroxylation sites is 1. The van der Waals surface area contributed by atoms with Gasteiger partial charge in [-0.1, -0.05) is 18.2 Å². The topological polar surface area (TPSA) is 30.5 Å². The van der Waals surface area contributed by atoms with E-state index < -0.39 is 0 Å². The Morgan fingerprint density at radius 2 is 1.56 bits per heavy atom. The van der Waals surface area contributed by atoms with Crippen molar-refractivity contribution in [2.45, 2.75) is 6.04 Å². The van der Waals surface area contributed by atoms with Gasteiger partial charge < -0.3 is 14.8 Å². The van der Waals surface area contributed by atoms with Gasteiger partial charge in [-0.05, 0) is 36.4 Å². The second kappa shape index (κ2) is 5.10. The second-order valence-electron chi connectivity index (χ2n) is 4.32. The molecule has 3 nitrogen and oxygen atoms in total. The normalized spacial score (nSPS) is 14.9. The Hall–Kier alpha value is -2.00. The highest BCUT2D eigenvalue weighted by Gasteiger charge is 2.17. The van der Waals surface area contributed by atoms with E-state index >= 15 is 0 Å². The van der Waals surface area contributed by atoms with Crippen LogP contribution in [0.4, 0.5) is 5.69 Å². The zero-order valence-corrected chi connectivity index (χ0v) is 10.0. The average molecular weight is 241 g/mol. The smallest absolute Gasteiger partial charge is 0.127 e. The number of hydrogen-bond acceptors (Lipinski definition) is 3. The van der Waals surface area contributed by atoms with Gasteiger partial charge in [0.05, 0.1) is 19.3 Å². The van der Waals surface area contributed by atoms with Crippen molar-refractivity contribution >= 4 is 5.69 Å². The molecule has 1 N–H and O–H groups in total. The van der Waals surface area contributed by atoms with Crippen LogP contribution in [0, 0.1) is 0 Å². The third-order valence-corrected chi connectivity index (χ3v) is 2.84. The van der Waals surface area contributed by atoms with Crippen molar-refractivity contribution in [1.82, 2.24) is 0 Å². The van der Waals surface area contributed by atoms with Gasteiger partial charge in [0.25, 0.3) is 0 Å². The molecule has 1 fully saturated rings. The van der Waals surface area contributed by atoms with Crippen molar-refractivity contribution in [1.29, 1.82) is 0 Å². The van der Waals surface area contributed by atoms with Crippen LogP contribution in [-0.4, -0.2) is 19.3 Å². The fourth-order valence-corrected chi connectivity index (χ4v) is 1.80. The van der Waals surface area contributed by atoms with Crippen LogP contribution >= 0.6 is 0 Å². The summed E-state index contributed by atoms with van der Waals surface area (Å²) in [7, 11) is 0. The van der Waals surface area contributed by atoms with E-state index in [9.17, 15) is 0 Å². The highest BCUT2D eigenvalue weighted by Crippen LogP contribution is 2.23. The number of benzene rings is 2. The van der Waals surface area contributed by atoms with Gasteiger partial charge >= 0.3 is 0 Å². The third-order valence-electron chi connectivity index (χ3n) is 2.84. The van der Waals surface area contributed by atoms with E-state index in [0.717, 1.165) is 30.4 Å². The maximum absolute atomic E-state index is 5.73. The lowest BCUT2D eigenvalue weighted by molar-refractivity contribution is 0.0211. The Morgan fingerprint density at radius 1 is 0.889 bits per heavy atom. The first-order valence-corrected chi connectivity index (χ1v) is 6.07. The number of nitrogens with one attached hydrogen (secondary N) is 1. The SMILES string of the molecule is c1ccc(Oc2ccc(NC3COC3)cc2)cc1. The molecule has 0 spiro atoms. The number of rotatable bonds is 4. The summed E-state index contributed by atoms with van der Waals surface area (Å²) in [5, 5.41) is 3.39. The Morgan fingerprint density at radius 3 is 2.17 bits per heavy atom. The summed E-state index contributed by atoms with van der Waals surface area (Å²) < 4.78 is 10.8. The molecule has 0 amide bonds. The van der Waals surface area contributed by atoms with E-state index in [0.29, 0.717) is 6.04 Å². The quantitative estimate of drug-likeness (QED) is 0.891. The van der Waals surface area contributed by atoms with Crippen LogP contribution in [0.3, 0.4) is 0 Å². The van der Waals surface area contributed by atoms with Crippen LogP contribution in [0.15, 0.2) is 54.6 Å². The molecular formula is C15H15NO2. The van der Waals surface area contributed by atoms with E-state index in [1.807, 2.05) is 54.6 Å². The van der Waals surface area contributed by atoms with E-state index in [2.05, 4.69) is 5.32 Å². The highest BCUT2D eigenvalue weighted by molar-refractivity contribution is 5.48. The molecule has 3 heteroatoms. The van der Waals surface area contributed by atoms with E-state index in [1.54, 1.807) is 0 Å². The summed E-state index contributed by atoms with van der Waals surface area (Å²) in [6, 6.07) is 18.2. The molecule has 1 aliphatic heterocycles. The third kappa shape index (κ3) is 2.63. The van der Waals surface area contributed by atoms with Crippen molar-refractivity contribution < 1.29 is 9.47 Å². The predicted octanol–water partition coefficient (Wildman–Crippen LogP) is 3.29. The molecule has 92 valence electrons.